The molecule has 2 heterocycles. The van der Waals surface area contributed by atoms with E-state index in [2.05, 4.69) is 60.6 Å². The Bertz CT molecular complexity index is 683. The minimum absolute atomic E-state index is 0.161. The summed E-state index contributed by atoms with van der Waals surface area (Å²) in [7, 11) is -2.15. The molecular weight excluding hydrogens is 408 g/mol. The zero-order valence-electron chi connectivity index (χ0n) is 20.8. The number of rotatable bonds is 8. The monoisotopic (exact) mass is 450 g/mol. The van der Waals surface area contributed by atoms with Crippen LogP contribution in [0.4, 0.5) is 0 Å². The lowest BCUT2D eigenvalue weighted by atomic mass is 10.00. The molecule has 0 saturated carbocycles. The van der Waals surface area contributed by atoms with Crippen LogP contribution in [0.5, 0.6) is 0 Å². The fourth-order valence-corrected chi connectivity index (χ4v) is 11.0. The van der Waals surface area contributed by atoms with Crippen molar-refractivity contribution in [3.63, 3.8) is 0 Å². The van der Waals surface area contributed by atoms with Crippen LogP contribution in [-0.2, 0) is 30.0 Å². The largest absolute Gasteiger partial charge is 0.389 e. The highest BCUT2D eigenvalue weighted by molar-refractivity contribution is 6.77. The molecule has 3 rings (SSSR count). The number of ether oxygens (including phenoxy) is 4. The first-order valence-electron chi connectivity index (χ1n) is 11.8. The summed E-state index contributed by atoms with van der Waals surface area (Å²) in [5.41, 5.74) is 2.53. The lowest BCUT2D eigenvalue weighted by molar-refractivity contribution is -0.256. The molecule has 0 N–H and O–H groups in total. The predicted molar refractivity (Wildman–Crippen MR) is 125 cm³/mol. The molecule has 0 amide bonds. The van der Waals surface area contributed by atoms with Gasteiger partial charge in [-0.2, -0.15) is 0 Å². The predicted octanol–water partition coefficient (Wildman–Crippen LogP) is 6.03. The molecule has 0 bridgehead atoms. The third-order valence-corrected chi connectivity index (χ3v) is 12.9. The molecule has 2 fully saturated rings. The average Bonchev–Trinajstić information content (AvgIpc) is 3.00. The van der Waals surface area contributed by atoms with Crippen molar-refractivity contribution in [2.45, 2.75) is 122 Å². The van der Waals surface area contributed by atoms with E-state index >= 15 is 0 Å². The second kappa shape index (κ2) is 9.62. The lowest BCUT2D eigenvalue weighted by Crippen LogP contribution is -2.61. The van der Waals surface area contributed by atoms with Crippen molar-refractivity contribution in [3.05, 3.63) is 35.9 Å². The molecule has 2 unspecified atom stereocenters. The molecule has 0 radical (unpaired) electrons. The molecule has 31 heavy (non-hydrogen) atoms. The zero-order valence-corrected chi connectivity index (χ0v) is 21.8. The van der Waals surface area contributed by atoms with Gasteiger partial charge in [-0.3, -0.25) is 0 Å². The summed E-state index contributed by atoms with van der Waals surface area (Å²) in [5, 5.41) is 0. The van der Waals surface area contributed by atoms with Crippen LogP contribution in [0, 0.1) is 0 Å². The molecule has 5 nitrogen and oxygen atoms in total. The Hall–Kier alpha value is -0.763. The van der Waals surface area contributed by atoms with Crippen molar-refractivity contribution < 1.29 is 23.4 Å². The van der Waals surface area contributed by atoms with E-state index in [9.17, 15) is 0 Å². The van der Waals surface area contributed by atoms with E-state index in [0.29, 0.717) is 23.2 Å². The van der Waals surface area contributed by atoms with E-state index in [1.54, 1.807) is 0 Å². The van der Waals surface area contributed by atoms with Gasteiger partial charge in [-0.15, -0.1) is 0 Å². The first-order chi connectivity index (χ1) is 14.5. The van der Waals surface area contributed by atoms with Gasteiger partial charge < -0.3 is 23.4 Å². The van der Waals surface area contributed by atoms with E-state index in [1.807, 2.05) is 32.0 Å². The molecule has 1 aromatic rings. The molecule has 1 aromatic carbocycles. The fraction of sp³-hybridized carbons (Fsp3) is 0.760. The van der Waals surface area contributed by atoms with Gasteiger partial charge in [0.05, 0.1) is 12.7 Å². The molecule has 5 atom stereocenters. The molecule has 6 heteroatoms. The van der Waals surface area contributed by atoms with Crippen molar-refractivity contribution in [2.75, 3.05) is 0 Å². The molecule has 2 saturated heterocycles. The summed E-state index contributed by atoms with van der Waals surface area (Å²) < 4.78 is 32.5. The molecule has 2 aliphatic rings. The molecule has 2 aliphatic heterocycles. The Morgan fingerprint density at radius 2 is 1.45 bits per heavy atom. The van der Waals surface area contributed by atoms with Crippen molar-refractivity contribution in [1.82, 2.24) is 0 Å². The summed E-state index contributed by atoms with van der Waals surface area (Å²) in [5.74, 6) is -0.698. The first-order valence-corrected chi connectivity index (χ1v) is 14.0. The van der Waals surface area contributed by atoms with Gasteiger partial charge in [-0.25, -0.2) is 0 Å². The minimum Gasteiger partial charge on any atom is -0.389 e. The number of hydrogen-bond donors (Lipinski definition) is 0. The fourth-order valence-electron chi connectivity index (χ4n) is 5.62. The molecule has 0 spiro atoms. The molecule has 0 aliphatic carbocycles. The van der Waals surface area contributed by atoms with Crippen molar-refractivity contribution in [1.29, 1.82) is 0 Å². The van der Waals surface area contributed by atoms with Crippen LogP contribution in [-0.4, -0.2) is 44.8 Å². The van der Waals surface area contributed by atoms with Gasteiger partial charge in [0.2, 0.25) is 8.32 Å². The maximum Gasteiger partial charge on any atom is 0.203 e. The smallest absolute Gasteiger partial charge is 0.203 e. The summed E-state index contributed by atoms with van der Waals surface area (Å²) in [6.45, 7) is 20.2. The van der Waals surface area contributed by atoms with Gasteiger partial charge in [0, 0.05) is 0 Å². The highest BCUT2D eigenvalue weighted by Gasteiger charge is 2.58. The Kier molecular flexibility index (Phi) is 7.71. The first kappa shape index (κ1) is 24.9. The SMILES string of the molecule is CC(C)[Si](O[C@@H]1O[C@H](C)[C@H](OCc2ccccc2)C2OC(C)(C)OC21)(C(C)C)C(C)C. The molecular formula is C25H42O5Si. The number of hydrogen-bond acceptors (Lipinski definition) is 5. The van der Waals surface area contributed by atoms with Gasteiger partial charge in [0.1, 0.15) is 18.3 Å². The van der Waals surface area contributed by atoms with Crippen LogP contribution in [0.2, 0.25) is 16.6 Å². The van der Waals surface area contributed by atoms with E-state index < -0.39 is 20.4 Å². The van der Waals surface area contributed by atoms with E-state index in [0.717, 1.165) is 5.56 Å². The highest BCUT2D eigenvalue weighted by Crippen LogP contribution is 2.46. The van der Waals surface area contributed by atoms with Gasteiger partial charge in [0.25, 0.3) is 0 Å². The van der Waals surface area contributed by atoms with Crippen LogP contribution in [0.25, 0.3) is 0 Å². The highest BCUT2D eigenvalue weighted by atomic mass is 28.4. The standard InChI is InChI=1S/C25H42O5Si/c1-16(2)31(17(3)4,18(5)6)30-24-23-22(28-25(8,9)29-23)21(19(7)27-24)26-15-20-13-11-10-12-14-20/h10-14,16-19,21-24H,15H2,1-9H3/t19-,21+,22?,23?,24+/m1/s1. The Morgan fingerprint density at radius 3 is 2.00 bits per heavy atom. The summed E-state index contributed by atoms with van der Waals surface area (Å²) in [4.78, 5) is 0. The van der Waals surface area contributed by atoms with Crippen molar-refractivity contribution in [2.24, 2.45) is 0 Å². The van der Waals surface area contributed by atoms with E-state index in [1.165, 1.54) is 0 Å². The topological polar surface area (TPSA) is 46.2 Å². The normalized spacial score (nSPS) is 30.9. The summed E-state index contributed by atoms with van der Waals surface area (Å²) in [6, 6.07) is 10.2. The lowest BCUT2D eigenvalue weighted by Gasteiger charge is -2.48. The van der Waals surface area contributed by atoms with Gasteiger partial charge >= 0.3 is 0 Å². The Labute approximate surface area is 189 Å². The average molecular weight is 451 g/mol. The van der Waals surface area contributed by atoms with Crippen molar-refractivity contribution in [3.8, 4) is 0 Å². The number of fused-ring (bicyclic) bond motifs is 1. The molecule has 0 aromatic heterocycles. The van der Waals surface area contributed by atoms with E-state index in [4.69, 9.17) is 23.4 Å². The van der Waals surface area contributed by atoms with Gasteiger partial charge in [0.15, 0.2) is 12.1 Å². The van der Waals surface area contributed by atoms with Crippen LogP contribution in [0.3, 0.4) is 0 Å². The van der Waals surface area contributed by atoms with Crippen LogP contribution >= 0.6 is 0 Å². The van der Waals surface area contributed by atoms with E-state index in [-0.39, 0.29) is 24.4 Å². The molecule has 176 valence electrons. The number of benzene rings is 1. The second-order valence-electron chi connectivity index (χ2n) is 10.5. The van der Waals surface area contributed by atoms with Crippen molar-refractivity contribution >= 4 is 8.32 Å². The van der Waals surface area contributed by atoms with Crippen LogP contribution in [0.15, 0.2) is 30.3 Å². The minimum atomic E-state index is -2.15. The van der Waals surface area contributed by atoms with Gasteiger partial charge in [-0.1, -0.05) is 71.9 Å². The summed E-state index contributed by atoms with van der Waals surface area (Å²) >= 11 is 0. The quantitative estimate of drug-likeness (QED) is 0.453. The second-order valence-corrected chi connectivity index (χ2v) is 15.9. The maximum absolute atomic E-state index is 7.01. The zero-order chi connectivity index (χ0) is 23.0. The Morgan fingerprint density at radius 1 is 0.903 bits per heavy atom. The third-order valence-electron chi connectivity index (χ3n) is 6.88. The third kappa shape index (κ3) is 5.10. The Balaban J connectivity index is 1.83. The maximum atomic E-state index is 7.01. The van der Waals surface area contributed by atoms with Crippen LogP contribution < -0.4 is 0 Å². The van der Waals surface area contributed by atoms with Gasteiger partial charge in [-0.05, 0) is 43.0 Å². The van der Waals surface area contributed by atoms with Crippen LogP contribution in [0.1, 0.15) is 67.9 Å². The summed E-state index contributed by atoms with van der Waals surface area (Å²) in [6.07, 6.45) is -1.37.